The standard InChI is InChI=1S/C21H22ClN3O2/c1-14-6-7-15(13-19(14)24-21(27)23-2)17-12-16(8-9-18(17)22)20(26)25-10-4-3-5-11-25/h6-9,12-13H,2-5,10-11H2,1H3,(H,24,27). The average Bonchev–Trinajstić information content (AvgIpc) is 2.70. The summed E-state index contributed by atoms with van der Waals surface area (Å²) in [5, 5.41) is 3.24. The number of carbonyl (C=O) groups excluding carboxylic acids is 2. The molecule has 1 N–H and O–H groups in total. The summed E-state index contributed by atoms with van der Waals surface area (Å²) in [6.07, 6.45) is 3.27. The lowest BCUT2D eigenvalue weighted by atomic mass is 9.99. The molecule has 1 aliphatic heterocycles. The minimum Gasteiger partial charge on any atom is -0.339 e. The number of anilines is 1. The second-order valence-corrected chi connectivity index (χ2v) is 7.07. The molecule has 0 bridgehead atoms. The topological polar surface area (TPSA) is 61.8 Å². The normalized spacial score (nSPS) is 13.9. The number of amides is 3. The molecular weight excluding hydrogens is 362 g/mol. The van der Waals surface area contributed by atoms with Crippen molar-refractivity contribution in [3.05, 3.63) is 52.5 Å². The number of benzene rings is 2. The third kappa shape index (κ3) is 4.37. The fourth-order valence-corrected chi connectivity index (χ4v) is 3.46. The van der Waals surface area contributed by atoms with Gasteiger partial charge in [-0.2, -0.15) is 0 Å². The lowest BCUT2D eigenvalue weighted by Gasteiger charge is -2.27. The first kappa shape index (κ1) is 19.1. The van der Waals surface area contributed by atoms with Gasteiger partial charge in [0, 0.05) is 34.9 Å². The van der Waals surface area contributed by atoms with Gasteiger partial charge in [0.05, 0.1) is 0 Å². The van der Waals surface area contributed by atoms with Crippen LogP contribution in [0.1, 0.15) is 35.2 Å². The number of rotatable bonds is 3. The molecule has 1 fully saturated rings. The van der Waals surface area contributed by atoms with Crippen molar-refractivity contribution < 1.29 is 9.59 Å². The minimum atomic E-state index is -0.518. The van der Waals surface area contributed by atoms with Crippen LogP contribution in [-0.2, 0) is 0 Å². The van der Waals surface area contributed by atoms with Crippen LogP contribution in [0.15, 0.2) is 41.4 Å². The Hall–Kier alpha value is -2.66. The first-order chi connectivity index (χ1) is 13.0. The summed E-state index contributed by atoms with van der Waals surface area (Å²) in [5.74, 6) is 0.0316. The Bertz CT molecular complexity index is 889. The average molecular weight is 384 g/mol. The summed E-state index contributed by atoms with van der Waals surface area (Å²) < 4.78 is 0. The number of nitrogens with one attached hydrogen (secondary N) is 1. The lowest BCUT2D eigenvalue weighted by Crippen LogP contribution is -2.35. The number of aryl methyl sites for hydroxylation is 1. The summed E-state index contributed by atoms with van der Waals surface area (Å²) >= 11 is 6.41. The molecule has 0 radical (unpaired) electrons. The molecule has 27 heavy (non-hydrogen) atoms. The van der Waals surface area contributed by atoms with Gasteiger partial charge in [0.2, 0.25) is 0 Å². The van der Waals surface area contributed by atoms with E-state index < -0.39 is 6.03 Å². The van der Waals surface area contributed by atoms with Crippen molar-refractivity contribution in [1.82, 2.24) is 4.90 Å². The van der Waals surface area contributed by atoms with E-state index in [9.17, 15) is 9.59 Å². The molecule has 1 aliphatic rings. The Labute approximate surface area is 164 Å². The van der Waals surface area contributed by atoms with Crippen LogP contribution in [0.4, 0.5) is 10.5 Å². The zero-order valence-electron chi connectivity index (χ0n) is 15.3. The van der Waals surface area contributed by atoms with Gasteiger partial charge in [-0.05, 0) is 68.3 Å². The highest BCUT2D eigenvalue weighted by Crippen LogP contribution is 2.32. The Morgan fingerprint density at radius 3 is 2.56 bits per heavy atom. The molecule has 1 saturated heterocycles. The predicted molar refractivity (Wildman–Crippen MR) is 110 cm³/mol. The lowest BCUT2D eigenvalue weighted by molar-refractivity contribution is 0.0724. The number of halogens is 1. The van der Waals surface area contributed by atoms with Gasteiger partial charge >= 0.3 is 6.03 Å². The molecule has 140 valence electrons. The Kier molecular flexibility index (Phi) is 5.91. The molecule has 0 aliphatic carbocycles. The monoisotopic (exact) mass is 383 g/mol. The first-order valence-electron chi connectivity index (χ1n) is 8.97. The van der Waals surface area contributed by atoms with Gasteiger partial charge in [0.1, 0.15) is 0 Å². The first-order valence-corrected chi connectivity index (χ1v) is 9.35. The Morgan fingerprint density at radius 1 is 1.11 bits per heavy atom. The second kappa shape index (κ2) is 8.35. The molecule has 2 aromatic carbocycles. The highest BCUT2D eigenvalue weighted by Gasteiger charge is 2.19. The molecule has 1 heterocycles. The maximum Gasteiger partial charge on any atom is 0.344 e. The molecule has 0 aromatic heterocycles. The third-order valence-corrected chi connectivity index (χ3v) is 5.12. The van der Waals surface area contributed by atoms with Crippen molar-refractivity contribution in [2.24, 2.45) is 4.99 Å². The second-order valence-electron chi connectivity index (χ2n) is 6.67. The van der Waals surface area contributed by atoms with E-state index in [4.69, 9.17) is 11.6 Å². The van der Waals surface area contributed by atoms with E-state index in [1.807, 2.05) is 36.1 Å². The molecule has 0 saturated carbocycles. The van der Waals surface area contributed by atoms with Crippen LogP contribution < -0.4 is 5.32 Å². The van der Waals surface area contributed by atoms with Gasteiger partial charge in [-0.3, -0.25) is 4.79 Å². The summed E-state index contributed by atoms with van der Waals surface area (Å²) in [6.45, 7) is 6.72. The van der Waals surface area contributed by atoms with Gasteiger partial charge in [-0.25, -0.2) is 9.79 Å². The van der Waals surface area contributed by atoms with Crippen LogP contribution in [0.2, 0.25) is 5.02 Å². The van der Waals surface area contributed by atoms with Crippen LogP contribution in [0.25, 0.3) is 11.1 Å². The smallest absolute Gasteiger partial charge is 0.339 e. The van der Waals surface area contributed by atoms with Crippen LogP contribution >= 0.6 is 11.6 Å². The summed E-state index contributed by atoms with van der Waals surface area (Å²) in [5.41, 5.74) is 3.72. The fourth-order valence-electron chi connectivity index (χ4n) is 3.24. The molecule has 2 aromatic rings. The van der Waals surface area contributed by atoms with E-state index >= 15 is 0 Å². The molecular formula is C21H22ClN3O2. The SMILES string of the molecule is C=NC(=O)Nc1cc(-c2cc(C(=O)N3CCCCC3)ccc2Cl)ccc1C. The van der Waals surface area contributed by atoms with E-state index in [0.717, 1.165) is 42.6 Å². The Morgan fingerprint density at radius 2 is 1.85 bits per heavy atom. The zero-order chi connectivity index (χ0) is 19.4. The fraction of sp³-hybridized carbons (Fsp3) is 0.286. The van der Waals surface area contributed by atoms with Gasteiger partial charge in [0.25, 0.3) is 5.91 Å². The molecule has 0 atom stereocenters. The maximum atomic E-state index is 12.8. The van der Waals surface area contributed by atoms with Crippen molar-refractivity contribution in [2.45, 2.75) is 26.2 Å². The van der Waals surface area contributed by atoms with Gasteiger partial charge in [0.15, 0.2) is 0 Å². The number of likely N-dealkylation sites (tertiary alicyclic amines) is 1. The molecule has 3 rings (SSSR count). The van der Waals surface area contributed by atoms with E-state index in [2.05, 4.69) is 17.0 Å². The largest absolute Gasteiger partial charge is 0.344 e. The zero-order valence-corrected chi connectivity index (χ0v) is 16.1. The van der Waals surface area contributed by atoms with Crippen LogP contribution in [-0.4, -0.2) is 36.6 Å². The highest BCUT2D eigenvalue weighted by atomic mass is 35.5. The van der Waals surface area contributed by atoms with Crippen molar-refractivity contribution >= 4 is 35.9 Å². The van der Waals surface area contributed by atoms with E-state index in [-0.39, 0.29) is 5.91 Å². The molecule has 0 unspecified atom stereocenters. The highest BCUT2D eigenvalue weighted by molar-refractivity contribution is 6.33. The predicted octanol–water partition coefficient (Wildman–Crippen LogP) is 5.17. The van der Waals surface area contributed by atoms with E-state index in [0.29, 0.717) is 16.3 Å². The van der Waals surface area contributed by atoms with Crippen molar-refractivity contribution in [2.75, 3.05) is 18.4 Å². The molecule has 0 spiro atoms. The van der Waals surface area contributed by atoms with Gasteiger partial charge in [-0.1, -0.05) is 23.7 Å². The van der Waals surface area contributed by atoms with Crippen molar-refractivity contribution in [1.29, 1.82) is 0 Å². The summed E-state index contributed by atoms with van der Waals surface area (Å²) in [6, 6.07) is 10.5. The number of hydrogen-bond acceptors (Lipinski definition) is 2. The number of urea groups is 1. The summed E-state index contributed by atoms with van der Waals surface area (Å²) in [7, 11) is 0. The van der Waals surface area contributed by atoms with E-state index in [1.54, 1.807) is 12.1 Å². The number of aliphatic imine (C=N–C) groups is 1. The minimum absolute atomic E-state index is 0.0316. The van der Waals surface area contributed by atoms with Crippen LogP contribution in [0, 0.1) is 6.92 Å². The van der Waals surface area contributed by atoms with Crippen LogP contribution in [0.3, 0.4) is 0 Å². The van der Waals surface area contributed by atoms with E-state index in [1.165, 1.54) is 6.42 Å². The number of hydrogen-bond donors (Lipinski definition) is 1. The molecule has 6 heteroatoms. The molecule has 5 nitrogen and oxygen atoms in total. The van der Waals surface area contributed by atoms with Crippen molar-refractivity contribution in [3.63, 3.8) is 0 Å². The van der Waals surface area contributed by atoms with Gasteiger partial charge < -0.3 is 10.2 Å². The van der Waals surface area contributed by atoms with Crippen molar-refractivity contribution in [3.8, 4) is 11.1 Å². The Balaban J connectivity index is 1.94. The molecule has 3 amide bonds. The number of piperidine rings is 1. The quantitative estimate of drug-likeness (QED) is 0.743. The van der Waals surface area contributed by atoms with Gasteiger partial charge in [-0.15, -0.1) is 0 Å². The van der Waals surface area contributed by atoms with Crippen LogP contribution in [0.5, 0.6) is 0 Å². The third-order valence-electron chi connectivity index (χ3n) is 4.79. The maximum absolute atomic E-state index is 12.8. The number of carbonyl (C=O) groups is 2. The summed E-state index contributed by atoms with van der Waals surface area (Å²) in [4.78, 5) is 29.6. The number of nitrogens with zero attached hydrogens (tertiary/aromatic N) is 2.